The molecule has 0 unspecified atom stereocenters. The fourth-order valence-corrected chi connectivity index (χ4v) is 3.65. The molecule has 5 rings (SSSR count). The van der Waals surface area contributed by atoms with Crippen LogP contribution in [-0.2, 0) is 0 Å². The first-order chi connectivity index (χ1) is 13.7. The van der Waals surface area contributed by atoms with Crippen LogP contribution in [0.2, 0.25) is 0 Å². The second-order valence-electron chi connectivity index (χ2n) is 6.91. The number of aromatic nitrogens is 3. The predicted octanol–water partition coefficient (Wildman–Crippen LogP) is 5.65. The van der Waals surface area contributed by atoms with Crippen LogP contribution in [0.25, 0.3) is 33.8 Å². The summed E-state index contributed by atoms with van der Waals surface area (Å²) in [6.07, 6.45) is 2.17. The summed E-state index contributed by atoms with van der Waals surface area (Å²) in [7, 11) is 0. The van der Waals surface area contributed by atoms with E-state index in [1.54, 1.807) is 0 Å². The Morgan fingerprint density at radius 2 is 1.64 bits per heavy atom. The number of benzene rings is 3. The van der Waals surface area contributed by atoms with E-state index in [1.807, 2.05) is 25.1 Å². The molecule has 0 aliphatic carbocycles. The van der Waals surface area contributed by atoms with Gasteiger partial charge in [-0.05, 0) is 50.2 Å². The molecule has 0 aliphatic rings. The molecule has 0 atom stereocenters. The second kappa shape index (κ2) is 6.57. The van der Waals surface area contributed by atoms with Crippen molar-refractivity contribution < 1.29 is 4.74 Å². The van der Waals surface area contributed by atoms with Crippen molar-refractivity contribution in [2.75, 3.05) is 6.61 Å². The summed E-state index contributed by atoms with van der Waals surface area (Å²) >= 11 is 0. The highest BCUT2D eigenvalue weighted by molar-refractivity contribution is 5.82. The minimum Gasteiger partial charge on any atom is -0.494 e. The minimum absolute atomic E-state index is 0.660. The smallest absolute Gasteiger partial charge is 0.220 e. The van der Waals surface area contributed by atoms with E-state index in [9.17, 15) is 0 Å². The normalized spacial score (nSPS) is 11.4. The van der Waals surface area contributed by atoms with Crippen molar-refractivity contribution >= 4 is 16.8 Å². The van der Waals surface area contributed by atoms with Crippen LogP contribution in [0.15, 0.2) is 79.0 Å². The van der Waals surface area contributed by atoms with Gasteiger partial charge in [0.2, 0.25) is 5.78 Å². The number of nitrogens with zero attached hydrogens (tertiary/aromatic N) is 3. The number of imidazole rings is 2. The number of hydrogen-bond acceptors (Lipinski definition) is 2. The number of ether oxygens (including phenoxy) is 1. The van der Waals surface area contributed by atoms with E-state index < -0.39 is 0 Å². The monoisotopic (exact) mass is 367 g/mol. The standard InChI is InChI=1S/C24H21N3O/c1-3-28-20-14-12-19(13-15-20)27-23(18-10-8-17(2)9-11-18)16-26-22-7-5-4-6-21(22)25-24(26)27/h4-16H,3H2,1-2H3. The molecule has 0 fully saturated rings. The third-order valence-corrected chi connectivity index (χ3v) is 5.02. The van der Waals surface area contributed by atoms with E-state index in [1.165, 1.54) is 5.56 Å². The van der Waals surface area contributed by atoms with Gasteiger partial charge in [0, 0.05) is 17.4 Å². The third-order valence-electron chi connectivity index (χ3n) is 5.02. The first-order valence-corrected chi connectivity index (χ1v) is 9.53. The van der Waals surface area contributed by atoms with Crippen molar-refractivity contribution in [1.29, 1.82) is 0 Å². The van der Waals surface area contributed by atoms with Gasteiger partial charge in [0.25, 0.3) is 0 Å². The zero-order chi connectivity index (χ0) is 19.1. The van der Waals surface area contributed by atoms with Gasteiger partial charge in [0.15, 0.2) is 0 Å². The molecule has 5 aromatic rings. The van der Waals surface area contributed by atoms with Gasteiger partial charge in [0.1, 0.15) is 5.75 Å². The van der Waals surface area contributed by atoms with Crippen LogP contribution in [0.3, 0.4) is 0 Å². The first kappa shape index (κ1) is 16.6. The van der Waals surface area contributed by atoms with Crippen molar-refractivity contribution in [1.82, 2.24) is 14.0 Å². The third kappa shape index (κ3) is 2.65. The van der Waals surface area contributed by atoms with E-state index >= 15 is 0 Å². The quantitative estimate of drug-likeness (QED) is 0.411. The van der Waals surface area contributed by atoms with Crippen molar-refractivity contribution in [2.45, 2.75) is 13.8 Å². The maximum Gasteiger partial charge on any atom is 0.220 e. The Morgan fingerprint density at radius 3 is 2.39 bits per heavy atom. The van der Waals surface area contributed by atoms with Crippen molar-refractivity contribution in [2.24, 2.45) is 0 Å². The van der Waals surface area contributed by atoms with Crippen LogP contribution < -0.4 is 4.74 Å². The molecule has 0 bridgehead atoms. The number of para-hydroxylation sites is 2. The van der Waals surface area contributed by atoms with E-state index in [4.69, 9.17) is 9.72 Å². The molecule has 0 amide bonds. The summed E-state index contributed by atoms with van der Waals surface area (Å²) in [5, 5.41) is 0. The summed E-state index contributed by atoms with van der Waals surface area (Å²) in [4.78, 5) is 4.91. The molecule has 2 aromatic heterocycles. The summed E-state index contributed by atoms with van der Waals surface area (Å²) in [5.41, 5.74) is 6.68. The van der Waals surface area contributed by atoms with Crippen molar-refractivity contribution in [3.8, 4) is 22.7 Å². The average molecular weight is 367 g/mol. The van der Waals surface area contributed by atoms with Crippen LogP contribution in [0.4, 0.5) is 0 Å². The van der Waals surface area contributed by atoms with Gasteiger partial charge in [-0.1, -0.05) is 42.0 Å². The summed E-state index contributed by atoms with van der Waals surface area (Å²) in [6, 6.07) is 25.0. The van der Waals surface area contributed by atoms with E-state index in [0.29, 0.717) is 6.61 Å². The zero-order valence-electron chi connectivity index (χ0n) is 16.0. The van der Waals surface area contributed by atoms with Crippen LogP contribution in [-0.4, -0.2) is 20.6 Å². The summed E-state index contributed by atoms with van der Waals surface area (Å²) in [6.45, 7) is 4.76. The number of hydrogen-bond donors (Lipinski definition) is 0. The van der Waals surface area contributed by atoms with E-state index in [0.717, 1.165) is 39.5 Å². The Kier molecular flexibility index (Phi) is 3.90. The molecule has 0 aliphatic heterocycles. The minimum atomic E-state index is 0.660. The fourth-order valence-electron chi connectivity index (χ4n) is 3.65. The number of aryl methyl sites for hydroxylation is 1. The maximum atomic E-state index is 5.61. The highest BCUT2D eigenvalue weighted by Gasteiger charge is 2.16. The van der Waals surface area contributed by atoms with Crippen LogP contribution in [0.1, 0.15) is 12.5 Å². The van der Waals surface area contributed by atoms with Gasteiger partial charge in [-0.3, -0.25) is 8.97 Å². The van der Waals surface area contributed by atoms with Gasteiger partial charge in [-0.2, -0.15) is 0 Å². The van der Waals surface area contributed by atoms with Crippen LogP contribution in [0, 0.1) is 6.92 Å². The van der Waals surface area contributed by atoms with Crippen molar-refractivity contribution in [3.63, 3.8) is 0 Å². The van der Waals surface area contributed by atoms with Gasteiger partial charge in [-0.15, -0.1) is 0 Å². The second-order valence-corrected chi connectivity index (χ2v) is 6.91. The zero-order valence-corrected chi connectivity index (χ0v) is 16.0. The van der Waals surface area contributed by atoms with Gasteiger partial charge in [0.05, 0.1) is 23.3 Å². The average Bonchev–Trinajstić information content (AvgIpc) is 3.26. The molecule has 2 heterocycles. The molecule has 4 nitrogen and oxygen atoms in total. The molecule has 0 N–H and O–H groups in total. The summed E-state index contributed by atoms with van der Waals surface area (Å²) < 4.78 is 9.99. The molecule has 138 valence electrons. The highest BCUT2D eigenvalue weighted by Crippen LogP contribution is 2.30. The molecular weight excluding hydrogens is 346 g/mol. The molecule has 0 saturated carbocycles. The molecule has 28 heavy (non-hydrogen) atoms. The lowest BCUT2D eigenvalue weighted by Gasteiger charge is -2.10. The van der Waals surface area contributed by atoms with Gasteiger partial charge in [-0.25, -0.2) is 4.98 Å². The molecular formula is C24H21N3O. The number of rotatable bonds is 4. The lowest BCUT2D eigenvalue weighted by molar-refractivity contribution is 0.340. The SMILES string of the molecule is CCOc1ccc(-n2c(-c3ccc(C)cc3)cn3c4ccccc4nc23)cc1. The maximum absolute atomic E-state index is 5.61. The fraction of sp³-hybridized carbons (Fsp3) is 0.125. The Bertz CT molecular complexity index is 1260. The Hall–Kier alpha value is -3.53. The van der Waals surface area contributed by atoms with Crippen LogP contribution >= 0.6 is 0 Å². The molecule has 0 saturated heterocycles. The van der Waals surface area contributed by atoms with Gasteiger partial charge >= 0.3 is 0 Å². The molecule has 3 aromatic carbocycles. The highest BCUT2D eigenvalue weighted by atomic mass is 16.5. The molecule has 0 radical (unpaired) electrons. The largest absolute Gasteiger partial charge is 0.494 e. The Labute approximate surface area is 163 Å². The van der Waals surface area contributed by atoms with E-state index in [-0.39, 0.29) is 0 Å². The van der Waals surface area contributed by atoms with Crippen molar-refractivity contribution in [3.05, 3.63) is 84.6 Å². The van der Waals surface area contributed by atoms with E-state index in [2.05, 4.69) is 76.7 Å². The van der Waals surface area contributed by atoms with Gasteiger partial charge < -0.3 is 4.74 Å². The molecule has 4 heteroatoms. The van der Waals surface area contributed by atoms with Crippen LogP contribution in [0.5, 0.6) is 5.75 Å². The Morgan fingerprint density at radius 1 is 0.893 bits per heavy atom. The lowest BCUT2D eigenvalue weighted by atomic mass is 10.1. The lowest BCUT2D eigenvalue weighted by Crippen LogP contribution is -1.98. The predicted molar refractivity (Wildman–Crippen MR) is 113 cm³/mol. The Balaban J connectivity index is 1.78. The first-order valence-electron chi connectivity index (χ1n) is 9.53. The molecule has 0 spiro atoms. The summed E-state index contributed by atoms with van der Waals surface area (Å²) in [5.74, 6) is 1.78. The topological polar surface area (TPSA) is 31.5 Å². The number of fused-ring (bicyclic) bond motifs is 3.